The first-order valence-corrected chi connectivity index (χ1v) is 6.95. The van der Waals surface area contributed by atoms with E-state index in [1.165, 1.54) is 0 Å². The summed E-state index contributed by atoms with van der Waals surface area (Å²) >= 11 is 0. The van der Waals surface area contributed by atoms with E-state index in [2.05, 4.69) is 0 Å². The van der Waals surface area contributed by atoms with Gasteiger partial charge in [0.15, 0.2) is 0 Å². The van der Waals surface area contributed by atoms with E-state index in [1.807, 2.05) is 30.3 Å². The SMILES string of the molecule is Cl.NC(=O)C1CCN(C(=O)C(N)Cc2ccccc2)CC1. The molecule has 0 aromatic heterocycles. The van der Waals surface area contributed by atoms with Gasteiger partial charge in [-0.2, -0.15) is 0 Å². The van der Waals surface area contributed by atoms with Gasteiger partial charge in [0.2, 0.25) is 11.8 Å². The first kappa shape index (κ1) is 17.5. The summed E-state index contributed by atoms with van der Waals surface area (Å²) in [6.07, 6.45) is 1.81. The molecule has 2 rings (SSSR count). The second-order valence-electron chi connectivity index (χ2n) is 5.30. The molecule has 1 saturated heterocycles. The molecule has 1 unspecified atom stereocenters. The molecule has 2 amide bonds. The molecule has 1 aliphatic rings. The van der Waals surface area contributed by atoms with Crippen LogP contribution in [0.2, 0.25) is 0 Å². The Kier molecular flexibility index (Phi) is 6.65. The van der Waals surface area contributed by atoms with E-state index in [4.69, 9.17) is 11.5 Å². The zero-order valence-corrected chi connectivity index (χ0v) is 12.7. The van der Waals surface area contributed by atoms with Crippen LogP contribution in [0.25, 0.3) is 0 Å². The van der Waals surface area contributed by atoms with E-state index in [9.17, 15) is 9.59 Å². The molecule has 1 aromatic rings. The molecule has 1 fully saturated rings. The van der Waals surface area contributed by atoms with Crippen molar-refractivity contribution >= 4 is 24.2 Å². The highest BCUT2D eigenvalue weighted by atomic mass is 35.5. The summed E-state index contributed by atoms with van der Waals surface area (Å²) in [6.45, 7) is 1.13. The van der Waals surface area contributed by atoms with Gasteiger partial charge in [0.25, 0.3) is 0 Å². The Bertz CT molecular complexity index is 473. The van der Waals surface area contributed by atoms with Crippen LogP contribution in [-0.4, -0.2) is 35.8 Å². The number of hydrogen-bond donors (Lipinski definition) is 2. The molecule has 0 bridgehead atoms. The minimum atomic E-state index is -0.525. The van der Waals surface area contributed by atoms with Crippen LogP contribution in [-0.2, 0) is 16.0 Å². The van der Waals surface area contributed by atoms with Gasteiger partial charge in [-0.25, -0.2) is 0 Å². The predicted octanol–water partition coefficient (Wildman–Crippen LogP) is 0.702. The van der Waals surface area contributed by atoms with Gasteiger partial charge in [-0.05, 0) is 24.8 Å². The Labute approximate surface area is 131 Å². The first-order valence-electron chi connectivity index (χ1n) is 6.95. The topological polar surface area (TPSA) is 89.4 Å². The number of nitrogens with two attached hydrogens (primary N) is 2. The number of hydrogen-bond acceptors (Lipinski definition) is 3. The number of primary amides is 1. The number of rotatable bonds is 4. The van der Waals surface area contributed by atoms with Crippen molar-refractivity contribution in [3.63, 3.8) is 0 Å². The van der Waals surface area contributed by atoms with Crippen LogP contribution in [0.5, 0.6) is 0 Å². The fourth-order valence-corrected chi connectivity index (χ4v) is 2.57. The molecule has 116 valence electrons. The Morgan fingerprint density at radius 2 is 1.76 bits per heavy atom. The van der Waals surface area contributed by atoms with Crippen LogP contribution < -0.4 is 11.5 Å². The van der Waals surface area contributed by atoms with E-state index in [0.717, 1.165) is 5.56 Å². The third kappa shape index (κ3) is 4.72. The van der Waals surface area contributed by atoms with Gasteiger partial charge in [-0.1, -0.05) is 30.3 Å². The standard InChI is InChI=1S/C15H21N3O2.ClH/c16-13(10-11-4-2-1-3-5-11)15(20)18-8-6-12(7-9-18)14(17)19;/h1-5,12-13H,6-10,16H2,(H2,17,19);1H. The largest absolute Gasteiger partial charge is 0.369 e. The lowest BCUT2D eigenvalue weighted by Crippen LogP contribution is -2.49. The van der Waals surface area contributed by atoms with E-state index >= 15 is 0 Å². The summed E-state index contributed by atoms with van der Waals surface area (Å²) in [6, 6.07) is 9.21. The number of likely N-dealkylation sites (tertiary alicyclic amines) is 1. The molecule has 0 radical (unpaired) electrons. The molecule has 1 aliphatic heterocycles. The lowest BCUT2D eigenvalue weighted by molar-refractivity contribution is -0.136. The van der Waals surface area contributed by atoms with E-state index in [1.54, 1.807) is 4.90 Å². The summed E-state index contributed by atoms with van der Waals surface area (Å²) in [4.78, 5) is 25.1. The summed E-state index contributed by atoms with van der Waals surface area (Å²) in [5, 5.41) is 0. The maximum Gasteiger partial charge on any atom is 0.239 e. The van der Waals surface area contributed by atoms with Crippen molar-refractivity contribution in [1.29, 1.82) is 0 Å². The highest BCUT2D eigenvalue weighted by molar-refractivity contribution is 5.85. The van der Waals surface area contributed by atoms with Gasteiger partial charge < -0.3 is 16.4 Å². The number of piperidine rings is 1. The summed E-state index contributed by atoms with van der Waals surface area (Å²) in [5.74, 6) is -0.424. The van der Waals surface area contributed by atoms with E-state index in [-0.39, 0.29) is 30.1 Å². The van der Waals surface area contributed by atoms with Gasteiger partial charge >= 0.3 is 0 Å². The smallest absolute Gasteiger partial charge is 0.239 e. The minimum Gasteiger partial charge on any atom is -0.369 e. The van der Waals surface area contributed by atoms with Gasteiger partial charge in [-0.3, -0.25) is 9.59 Å². The molecule has 1 aromatic carbocycles. The molecular weight excluding hydrogens is 290 g/mol. The van der Waals surface area contributed by atoms with Crippen LogP contribution in [0.15, 0.2) is 30.3 Å². The average Bonchev–Trinajstić information content (AvgIpc) is 2.47. The van der Waals surface area contributed by atoms with Crippen molar-refractivity contribution in [2.75, 3.05) is 13.1 Å². The van der Waals surface area contributed by atoms with Crippen molar-refractivity contribution in [3.8, 4) is 0 Å². The fourth-order valence-electron chi connectivity index (χ4n) is 2.57. The Hall–Kier alpha value is -1.59. The molecule has 0 spiro atoms. The van der Waals surface area contributed by atoms with Gasteiger partial charge in [-0.15, -0.1) is 12.4 Å². The molecule has 21 heavy (non-hydrogen) atoms. The van der Waals surface area contributed by atoms with Crippen molar-refractivity contribution < 1.29 is 9.59 Å². The maximum atomic E-state index is 12.3. The number of nitrogens with zero attached hydrogens (tertiary/aromatic N) is 1. The zero-order valence-electron chi connectivity index (χ0n) is 11.9. The van der Waals surface area contributed by atoms with E-state index in [0.29, 0.717) is 32.4 Å². The van der Waals surface area contributed by atoms with Gasteiger partial charge in [0.05, 0.1) is 6.04 Å². The summed E-state index contributed by atoms with van der Waals surface area (Å²) in [7, 11) is 0. The zero-order chi connectivity index (χ0) is 14.5. The Morgan fingerprint density at radius 1 is 1.19 bits per heavy atom. The molecule has 0 aliphatic carbocycles. The predicted molar refractivity (Wildman–Crippen MR) is 83.9 cm³/mol. The van der Waals surface area contributed by atoms with Crippen LogP contribution in [0.1, 0.15) is 18.4 Å². The summed E-state index contributed by atoms with van der Waals surface area (Å²) in [5.41, 5.74) is 12.3. The molecule has 5 nitrogen and oxygen atoms in total. The molecule has 6 heteroatoms. The number of carbonyl (C=O) groups is 2. The number of carbonyl (C=O) groups excluding carboxylic acids is 2. The maximum absolute atomic E-state index is 12.3. The average molecular weight is 312 g/mol. The number of amides is 2. The van der Waals surface area contributed by atoms with Crippen molar-refractivity contribution in [1.82, 2.24) is 4.90 Å². The fraction of sp³-hybridized carbons (Fsp3) is 0.467. The molecule has 1 atom stereocenters. The monoisotopic (exact) mass is 311 g/mol. The molecule has 1 heterocycles. The van der Waals surface area contributed by atoms with Crippen LogP contribution in [0, 0.1) is 5.92 Å². The highest BCUT2D eigenvalue weighted by Crippen LogP contribution is 2.17. The Balaban J connectivity index is 0.00000220. The van der Waals surface area contributed by atoms with E-state index < -0.39 is 6.04 Å². The van der Waals surface area contributed by atoms with Gasteiger partial charge in [0, 0.05) is 19.0 Å². The highest BCUT2D eigenvalue weighted by Gasteiger charge is 2.28. The van der Waals surface area contributed by atoms with Gasteiger partial charge in [0.1, 0.15) is 0 Å². The van der Waals surface area contributed by atoms with Crippen molar-refractivity contribution in [2.24, 2.45) is 17.4 Å². The molecular formula is C15H22ClN3O2. The number of halogens is 1. The second kappa shape index (κ2) is 8.00. The first-order chi connectivity index (χ1) is 9.58. The molecule has 0 saturated carbocycles. The van der Waals surface area contributed by atoms with Crippen molar-refractivity contribution in [2.45, 2.75) is 25.3 Å². The lowest BCUT2D eigenvalue weighted by Gasteiger charge is -2.32. The number of benzene rings is 1. The quantitative estimate of drug-likeness (QED) is 0.858. The van der Waals surface area contributed by atoms with Crippen LogP contribution >= 0.6 is 12.4 Å². The van der Waals surface area contributed by atoms with Crippen LogP contribution in [0.4, 0.5) is 0 Å². The minimum absolute atomic E-state index is 0. The second-order valence-corrected chi connectivity index (χ2v) is 5.30. The van der Waals surface area contributed by atoms with Crippen molar-refractivity contribution in [3.05, 3.63) is 35.9 Å². The Morgan fingerprint density at radius 3 is 2.29 bits per heavy atom. The third-order valence-electron chi connectivity index (χ3n) is 3.82. The summed E-state index contributed by atoms with van der Waals surface area (Å²) < 4.78 is 0. The third-order valence-corrected chi connectivity index (χ3v) is 3.82. The van der Waals surface area contributed by atoms with Crippen LogP contribution in [0.3, 0.4) is 0 Å². The normalized spacial score (nSPS) is 16.9. The lowest BCUT2D eigenvalue weighted by atomic mass is 9.95. The molecule has 4 N–H and O–H groups in total.